The molecule has 6 nitrogen and oxygen atoms in total. The summed E-state index contributed by atoms with van der Waals surface area (Å²) in [7, 11) is 0. The topological polar surface area (TPSA) is 75.7 Å². The molecule has 2 amide bonds. The molecular formula is C29H46N2O4. The van der Waals surface area contributed by atoms with E-state index >= 15 is 0 Å². The Bertz CT molecular complexity index is 893. The van der Waals surface area contributed by atoms with Crippen LogP contribution in [0.25, 0.3) is 0 Å². The molecule has 0 unspecified atom stereocenters. The molecule has 0 aromatic carbocycles. The Labute approximate surface area is 211 Å². The van der Waals surface area contributed by atoms with Crippen LogP contribution in [0.15, 0.2) is 23.3 Å². The number of esters is 1. The Morgan fingerprint density at radius 2 is 1.71 bits per heavy atom. The van der Waals surface area contributed by atoms with E-state index in [9.17, 15) is 14.4 Å². The second-order valence-corrected chi connectivity index (χ2v) is 13.3. The van der Waals surface area contributed by atoms with E-state index in [0.29, 0.717) is 24.3 Å². The molecule has 1 heterocycles. The van der Waals surface area contributed by atoms with Crippen molar-refractivity contribution in [2.45, 2.75) is 125 Å². The molecule has 0 aromatic heterocycles. The second kappa shape index (κ2) is 10.1. The van der Waals surface area contributed by atoms with Crippen molar-refractivity contribution in [1.82, 2.24) is 10.2 Å². The van der Waals surface area contributed by atoms with E-state index in [1.165, 1.54) is 0 Å². The summed E-state index contributed by atoms with van der Waals surface area (Å²) >= 11 is 0. The Balaban J connectivity index is 1.93. The van der Waals surface area contributed by atoms with E-state index < -0.39 is 17.5 Å². The maximum Gasteiger partial charge on any atom is 0.334 e. The number of amides is 2. The van der Waals surface area contributed by atoms with Crippen molar-refractivity contribution in [2.24, 2.45) is 16.7 Å². The van der Waals surface area contributed by atoms with Gasteiger partial charge in [-0.25, -0.2) is 4.79 Å². The highest BCUT2D eigenvalue weighted by atomic mass is 16.5. The lowest BCUT2D eigenvalue weighted by Crippen LogP contribution is -2.59. The Kier molecular flexibility index (Phi) is 7.93. The van der Waals surface area contributed by atoms with Crippen molar-refractivity contribution in [3.05, 3.63) is 23.3 Å². The summed E-state index contributed by atoms with van der Waals surface area (Å²) in [6.45, 7) is 17.1. The summed E-state index contributed by atoms with van der Waals surface area (Å²) in [4.78, 5) is 40.4. The first-order chi connectivity index (χ1) is 16.1. The Morgan fingerprint density at radius 1 is 1.09 bits per heavy atom. The number of ether oxygens (including phenoxy) is 1. The zero-order valence-corrected chi connectivity index (χ0v) is 23.1. The maximum absolute atomic E-state index is 13.4. The van der Waals surface area contributed by atoms with Gasteiger partial charge < -0.3 is 15.0 Å². The number of carbonyl (C=O) groups is 3. The average Bonchev–Trinajstić information content (AvgIpc) is 2.97. The van der Waals surface area contributed by atoms with Crippen LogP contribution in [0.2, 0.25) is 0 Å². The number of hydrogen-bond acceptors (Lipinski definition) is 4. The number of hydrogen-bond donors (Lipinski definition) is 1. The van der Waals surface area contributed by atoms with Gasteiger partial charge in [0.25, 0.3) is 0 Å². The molecule has 0 radical (unpaired) electrons. The number of rotatable bonds is 6. The predicted molar refractivity (Wildman–Crippen MR) is 138 cm³/mol. The van der Waals surface area contributed by atoms with Gasteiger partial charge in [-0.3, -0.25) is 9.59 Å². The molecule has 35 heavy (non-hydrogen) atoms. The van der Waals surface area contributed by atoms with Crippen LogP contribution in [0.5, 0.6) is 0 Å². The molecule has 196 valence electrons. The SMILES string of the molecule is CC(C)OC(=O)C1=CC=C([C@@H](CCC(C)(C)C)N2C(=O)C(=O)NC23CCC(C(C)(C)C)CC3)CC1. The third-order valence-corrected chi connectivity index (χ3v) is 7.95. The van der Waals surface area contributed by atoms with E-state index in [1.54, 1.807) is 0 Å². The molecule has 2 aliphatic carbocycles. The predicted octanol–water partition coefficient (Wildman–Crippen LogP) is 5.67. The van der Waals surface area contributed by atoms with E-state index in [-0.39, 0.29) is 28.9 Å². The zero-order valence-electron chi connectivity index (χ0n) is 23.1. The van der Waals surface area contributed by atoms with Gasteiger partial charge in [0.1, 0.15) is 5.66 Å². The highest BCUT2D eigenvalue weighted by Crippen LogP contribution is 2.46. The minimum atomic E-state index is -0.611. The molecule has 3 rings (SSSR count). The van der Waals surface area contributed by atoms with Gasteiger partial charge >= 0.3 is 17.8 Å². The number of nitrogens with one attached hydrogen (secondary N) is 1. The fraction of sp³-hybridized carbons (Fsp3) is 0.759. The van der Waals surface area contributed by atoms with Gasteiger partial charge in [-0.1, -0.05) is 53.7 Å². The molecular weight excluding hydrogens is 440 g/mol. The second-order valence-electron chi connectivity index (χ2n) is 13.3. The Hall–Kier alpha value is -2.11. The van der Waals surface area contributed by atoms with Crippen LogP contribution in [-0.2, 0) is 19.1 Å². The summed E-state index contributed by atoms with van der Waals surface area (Å²) in [6.07, 6.45) is 10.2. The van der Waals surface area contributed by atoms with Crippen molar-refractivity contribution in [1.29, 1.82) is 0 Å². The fourth-order valence-corrected chi connectivity index (χ4v) is 5.84. The first-order valence-electron chi connectivity index (χ1n) is 13.4. The lowest BCUT2D eigenvalue weighted by molar-refractivity contribution is -0.143. The molecule has 1 atom stereocenters. The van der Waals surface area contributed by atoms with Crippen molar-refractivity contribution in [3.8, 4) is 0 Å². The van der Waals surface area contributed by atoms with Crippen LogP contribution in [-0.4, -0.2) is 40.5 Å². The minimum Gasteiger partial charge on any atom is -0.460 e. The maximum atomic E-state index is 13.4. The van der Waals surface area contributed by atoms with Gasteiger partial charge in [0, 0.05) is 5.57 Å². The van der Waals surface area contributed by atoms with Crippen LogP contribution in [0.3, 0.4) is 0 Å². The van der Waals surface area contributed by atoms with Crippen LogP contribution in [0, 0.1) is 16.7 Å². The smallest absolute Gasteiger partial charge is 0.334 e. The molecule has 1 spiro atoms. The van der Waals surface area contributed by atoms with E-state index in [4.69, 9.17) is 4.74 Å². The van der Waals surface area contributed by atoms with Gasteiger partial charge in [-0.05, 0) is 87.5 Å². The van der Waals surface area contributed by atoms with E-state index in [0.717, 1.165) is 44.1 Å². The summed E-state index contributed by atoms with van der Waals surface area (Å²) in [5.74, 6) is -0.587. The normalized spacial score (nSPS) is 26.5. The van der Waals surface area contributed by atoms with Crippen LogP contribution < -0.4 is 5.32 Å². The monoisotopic (exact) mass is 486 g/mol. The lowest BCUT2D eigenvalue weighted by atomic mass is 9.69. The molecule has 1 N–H and O–H groups in total. The lowest BCUT2D eigenvalue weighted by Gasteiger charge is -2.49. The quantitative estimate of drug-likeness (QED) is 0.388. The zero-order chi connectivity index (χ0) is 26.2. The van der Waals surface area contributed by atoms with Gasteiger partial charge in [0.05, 0.1) is 12.1 Å². The van der Waals surface area contributed by atoms with Crippen molar-refractivity contribution >= 4 is 17.8 Å². The van der Waals surface area contributed by atoms with Crippen LogP contribution in [0.1, 0.15) is 107 Å². The average molecular weight is 487 g/mol. The van der Waals surface area contributed by atoms with Gasteiger partial charge in [-0.2, -0.15) is 0 Å². The first kappa shape index (κ1) is 27.5. The largest absolute Gasteiger partial charge is 0.460 e. The third-order valence-electron chi connectivity index (χ3n) is 7.95. The minimum absolute atomic E-state index is 0.104. The molecule has 2 fully saturated rings. The first-order valence-corrected chi connectivity index (χ1v) is 13.4. The van der Waals surface area contributed by atoms with Gasteiger partial charge in [0.15, 0.2) is 0 Å². The molecule has 0 bridgehead atoms. The third kappa shape index (κ3) is 6.37. The molecule has 3 aliphatic rings. The molecule has 0 aromatic rings. The summed E-state index contributed by atoms with van der Waals surface area (Å²) in [6, 6.07) is -0.161. The number of carbonyl (C=O) groups excluding carboxylic acids is 3. The van der Waals surface area contributed by atoms with Crippen LogP contribution in [0.4, 0.5) is 0 Å². The molecule has 1 saturated carbocycles. The highest BCUT2D eigenvalue weighted by molar-refractivity contribution is 6.37. The summed E-state index contributed by atoms with van der Waals surface area (Å²) in [5.41, 5.74) is 1.49. The summed E-state index contributed by atoms with van der Waals surface area (Å²) < 4.78 is 5.38. The molecule has 6 heteroatoms. The molecule has 1 aliphatic heterocycles. The Morgan fingerprint density at radius 3 is 2.20 bits per heavy atom. The van der Waals surface area contributed by atoms with Crippen molar-refractivity contribution in [2.75, 3.05) is 0 Å². The molecule has 1 saturated heterocycles. The van der Waals surface area contributed by atoms with Crippen molar-refractivity contribution < 1.29 is 19.1 Å². The van der Waals surface area contributed by atoms with Crippen LogP contribution >= 0.6 is 0 Å². The van der Waals surface area contributed by atoms with Crippen molar-refractivity contribution in [3.63, 3.8) is 0 Å². The highest BCUT2D eigenvalue weighted by Gasteiger charge is 2.55. The standard InChI is InChI=1S/C29H46N2O4/c1-19(2)35-26(34)21-11-9-20(10-12-21)23(15-16-27(3,4)5)31-25(33)24(32)30-29(31)17-13-22(14-18-29)28(6,7)8/h9,11,19,22-23H,10,12-18H2,1-8H3,(H,30,32)/t22?,23-,29?/m1/s1. The van der Waals surface area contributed by atoms with Gasteiger partial charge in [-0.15, -0.1) is 0 Å². The number of nitrogens with zero attached hydrogens (tertiary/aromatic N) is 1. The van der Waals surface area contributed by atoms with E-state index in [2.05, 4.69) is 46.9 Å². The summed E-state index contributed by atoms with van der Waals surface area (Å²) in [5, 5.41) is 3.13. The number of allylic oxidation sites excluding steroid dienone is 2. The fourth-order valence-electron chi connectivity index (χ4n) is 5.84. The van der Waals surface area contributed by atoms with E-state index in [1.807, 2.05) is 30.9 Å². The van der Waals surface area contributed by atoms with Gasteiger partial charge in [0.2, 0.25) is 0 Å².